The molecule has 82 valence electrons. The van der Waals surface area contributed by atoms with E-state index in [1.165, 1.54) is 17.8 Å². The maximum Gasteiger partial charge on any atom is 0.264 e. The van der Waals surface area contributed by atoms with Crippen LogP contribution in [0, 0.1) is 6.92 Å². The van der Waals surface area contributed by atoms with Crippen molar-refractivity contribution < 1.29 is 4.79 Å². The molecule has 0 bridgehead atoms. The van der Waals surface area contributed by atoms with Gasteiger partial charge in [-0.05, 0) is 37.8 Å². The van der Waals surface area contributed by atoms with E-state index in [0.29, 0.717) is 0 Å². The van der Waals surface area contributed by atoms with Gasteiger partial charge in [0.2, 0.25) is 0 Å². The average molecular weight is 224 g/mol. The zero-order chi connectivity index (χ0) is 10.8. The minimum absolute atomic E-state index is 0.161. The number of piperidine rings is 1. The fraction of sp³-hybridized carbons (Fsp3) is 0.545. The zero-order valence-electron chi connectivity index (χ0n) is 8.95. The third-order valence-electron chi connectivity index (χ3n) is 2.77. The molecule has 1 aromatic heterocycles. The van der Waals surface area contributed by atoms with Crippen LogP contribution in [-0.2, 0) is 0 Å². The molecule has 2 rings (SSSR count). The molecule has 0 atom stereocenters. The third-order valence-corrected chi connectivity index (χ3v) is 3.83. The van der Waals surface area contributed by atoms with Gasteiger partial charge in [-0.15, -0.1) is 11.3 Å². The highest BCUT2D eigenvalue weighted by Gasteiger charge is 2.21. The van der Waals surface area contributed by atoms with Gasteiger partial charge in [-0.2, -0.15) is 0 Å². The normalized spacial score (nSPS) is 16.7. The van der Waals surface area contributed by atoms with Crippen LogP contribution < -0.4 is 5.73 Å². The summed E-state index contributed by atoms with van der Waals surface area (Å²) < 4.78 is 0. The van der Waals surface area contributed by atoms with Crippen molar-refractivity contribution in [3.05, 3.63) is 16.5 Å². The molecule has 4 heteroatoms. The number of nitrogens with two attached hydrogens (primary N) is 1. The lowest BCUT2D eigenvalue weighted by Crippen LogP contribution is -2.35. The Bertz CT molecular complexity index is 367. The summed E-state index contributed by atoms with van der Waals surface area (Å²) >= 11 is 1.40. The quantitative estimate of drug-likeness (QED) is 0.795. The minimum Gasteiger partial charge on any atom is -0.391 e. The number of thiophene rings is 1. The van der Waals surface area contributed by atoms with Crippen molar-refractivity contribution in [2.45, 2.75) is 26.2 Å². The number of amides is 1. The first-order chi connectivity index (χ1) is 7.18. The van der Waals surface area contributed by atoms with Gasteiger partial charge in [0.05, 0.1) is 9.88 Å². The maximum atomic E-state index is 12.1. The van der Waals surface area contributed by atoms with Crippen LogP contribution in [0.3, 0.4) is 0 Å². The topological polar surface area (TPSA) is 46.3 Å². The molecular formula is C11H16N2OS. The van der Waals surface area contributed by atoms with Crippen LogP contribution in [0.15, 0.2) is 6.07 Å². The highest BCUT2D eigenvalue weighted by molar-refractivity contribution is 7.17. The summed E-state index contributed by atoms with van der Waals surface area (Å²) in [5.41, 5.74) is 6.70. The van der Waals surface area contributed by atoms with Crippen LogP contribution in [-0.4, -0.2) is 23.9 Å². The second kappa shape index (κ2) is 4.23. The molecule has 15 heavy (non-hydrogen) atoms. The van der Waals surface area contributed by atoms with Gasteiger partial charge in [0.1, 0.15) is 0 Å². The molecule has 1 aliphatic rings. The molecule has 0 radical (unpaired) electrons. The van der Waals surface area contributed by atoms with Gasteiger partial charge in [0.25, 0.3) is 5.91 Å². The first kappa shape index (κ1) is 10.5. The Labute approximate surface area is 93.9 Å². The van der Waals surface area contributed by atoms with Gasteiger partial charge >= 0.3 is 0 Å². The Hall–Kier alpha value is -1.03. The van der Waals surface area contributed by atoms with Gasteiger partial charge in [0, 0.05) is 13.1 Å². The highest BCUT2D eigenvalue weighted by atomic mass is 32.1. The Morgan fingerprint density at radius 3 is 2.60 bits per heavy atom. The lowest BCUT2D eigenvalue weighted by atomic mass is 10.1. The third kappa shape index (κ3) is 2.15. The molecule has 0 saturated carbocycles. The summed E-state index contributed by atoms with van der Waals surface area (Å²) in [6, 6.07) is 1.88. The van der Waals surface area contributed by atoms with Crippen molar-refractivity contribution in [2.24, 2.45) is 0 Å². The van der Waals surface area contributed by atoms with E-state index in [4.69, 9.17) is 5.73 Å². The number of carbonyl (C=O) groups is 1. The van der Waals surface area contributed by atoms with Crippen LogP contribution in [0.25, 0.3) is 0 Å². The molecule has 0 spiro atoms. The van der Waals surface area contributed by atoms with E-state index in [-0.39, 0.29) is 5.91 Å². The predicted octanol–water partition coefficient (Wildman–Crippen LogP) is 2.26. The standard InChI is InChI=1S/C11H16N2OS/c1-8-7-9(12)15-10(8)11(14)13-5-3-2-4-6-13/h7H,2-6,12H2,1H3. The molecule has 2 heterocycles. The second-order valence-corrected chi connectivity index (χ2v) is 5.10. The van der Waals surface area contributed by atoms with Crippen LogP contribution in [0.2, 0.25) is 0 Å². The number of hydrogen-bond donors (Lipinski definition) is 1. The number of nitrogens with zero attached hydrogens (tertiary/aromatic N) is 1. The van der Waals surface area contributed by atoms with Gasteiger partial charge < -0.3 is 10.6 Å². The van der Waals surface area contributed by atoms with Crippen molar-refractivity contribution in [3.8, 4) is 0 Å². The summed E-state index contributed by atoms with van der Waals surface area (Å²) in [5, 5.41) is 0.729. The lowest BCUT2D eigenvalue weighted by Gasteiger charge is -2.26. The van der Waals surface area contributed by atoms with Crippen LogP contribution in [0.1, 0.15) is 34.5 Å². The fourth-order valence-corrected chi connectivity index (χ4v) is 2.87. The van der Waals surface area contributed by atoms with Crippen LogP contribution in [0.5, 0.6) is 0 Å². The van der Waals surface area contributed by atoms with Crippen LogP contribution >= 0.6 is 11.3 Å². The number of carbonyl (C=O) groups excluding carboxylic acids is 1. The average Bonchev–Trinajstić information content (AvgIpc) is 2.58. The van der Waals surface area contributed by atoms with E-state index >= 15 is 0 Å². The molecule has 1 aliphatic heterocycles. The largest absolute Gasteiger partial charge is 0.391 e. The first-order valence-corrected chi connectivity index (χ1v) is 6.15. The number of rotatable bonds is 1. The Balaban J connectivity index is 2.16. The summed E-state index contributed by atoms with van der Waals surface area (Å²) in [6.45, 7) is 3.75. The van der Waals surface area contributed by atoms with E-state index < -0.39 is 0 Å². The van der Waals surface area contributed by atoms with Gasteiger partial charge in [-0.1, -0.05) is 0 Å². The molecule has 0 unspecified atom stereocenters. The van der Waals surface area contributed by atoms with E-state index in [2.05, 4.69) is 0 Å². The molecule has 0 aromatic carbocycles. The van der Waals surface area contributed by atoms with Crippen molar-refractivity contribution in [3.63, 3.8) is 0 Å². The second-order valence-electron chi connectivity index (χ2n) is 4.01. The summed E-state index contributed by atoms with van der Waals surface area (Å²) in [6.07, 6.45) is 3.51. The van der Waals surface area contributed by atoms with Gasteiger partial charge in [-0.25, -0.2) is 0 Å². The number of anilines is 1. The molecule has 0 aliphatic carbocycles. The molecule has 1 fully saturated rings. The molecule has 1 aromatic rings. The molecule has 1 saturated heterocycles. The number of aryl methyl sites for hydroxylation is 1. The molecule has 2 N–H and O–H groups in total. The zero-order valence-corrected chi connectivity index (χ0v) is 9.77. The van der Waals surface area contributed by atoms with E-state index in [1.54, 1.807) is 0 Å². The smallest absolute Gasteiger partial charge is 0.264 e. The van der Waals surface area contributed by atoms with Crippen molar-refractivity contribution in [1.29, 1.82) is 0 Å². The minimum atomic E-state index is 0.161. The highest BCUT2D eigenvalue weighted by Crippen LogP contribution is 2.26. The molecule has 1 amide bonds. The van der Waals surface area contributed by atoms with Crippen LogP contribution in [0.4, 0.5) is 5.00 Å². The van der Waals surface area contributed by atoms with Crippen molar-refractivity contribution >= 4 is 22.2 Å². The fourth-order valence-electron chi connectivity index (χ4n) is 1.96. The number of likely N-dealkylation sites (tertiary alicyclic amines) is 1. The summed E-state index contributed by atoms with van der Waals surface area (Å²) in [5.74, 6) is 0.161. The number of hydrogen-bond acceptors (Lipinski definition) is 3. The first-order valence-electron chi connectivity index (χ1n) is 5.33. The Morgan fingerprint density at radius 1 is 1.40 bits per heavy atom. The lowest BCUT2D eigenvalue weighted by molar-refractivity contribution is 0.0728. The van der Waals surface area contributed by atoms with Gasteiger partial charge in [0.15, 0.2) is 0 Å². The van der Waals surface area contributed by atoms with Crippen molar-refractivity contribution in [2.75, 3.05) is 18.8 Å². The molecular weight excluding hydrogens is 208 g/mol. The van der Waals surface area contributed by atoms with E-state index in [9.17, 15) is 4.79 Å². The van der Waals surface area contributed by atoms with E-state index in [1.807, 2.05) is 17.9 Å². The Kier molecular flexibility index (Phi) is 2.95. The SMILES string of the molecule is Cc1cc(N)sc1C(=O)N1CCCCC1. The Morgan fingerprint density at radius 2 is 2.07 bits per heavy atom. The summed E-state index contributed by atoms with van der Waals surface area (Å²) in [4.78, 5) is 14.9. The number of nitrogen functional groups attached to an aromatic ring is 1. The summed E-state index contributed by atoms with van der Waals surface area (Å²) in [7, 11) is 0. The molecule has 3 nitrogen and oxygen atoms in total. The monoisotopic (exact) mass is 224 g/mol. The van der Waals surface area contributed by atoms with Gasteiger partial charge in [-0.3, -0.25) is 4.79 Å². The predicted molar refractivity (Wildman–Crippen MR) is 63.2 cm³/mol. The van der Waals surface area contributed by atoms with E-state index in [0.717, 1.165) is 41.4 Å². The maximum absolute atomic E-state index is 12.1. The van der Waals surface area contributed by atoms with Crippen molar-refractivity contribution in [1.82, 2.24) is 4.90 Å².